The van der Waals surface area contributed by atoms with Gasteiger partial charge in [0.15, 0.2) is 0 Å². The van der Waals surface area contributed by atoms with Gasteiger partial charge in [-0.2, -0.15) is 0 Å². The van der Waals surface area contributed by atoms with Crippen molar-refractivity contribution in [3.05, 3.63) is 53.6 Å². The second kappa shape index (κ2) is 10.1. The van der Waals surface area contributed by atoms with Crippen LogP contribution < -0.4 is 19.5 Å². The molecule has 0 unspecified atom stereocenters. The van der Waals surface area contributed by atoms with Crippen LogP contribution in [0.3, 0.4) is 0 Å². The average molecular weight is 448 g/mol. The van der Waals surface area contributed by atoms with Gasteiger partial charge in [0.05, 0.1) is 19.9 Å². The molecule has 0 spiro atoms. The maximum absolute atomic E-state index is 12.4. The van der Waals surface area contributed by atoms with Crippen LogP contribution in [0.5, 0.6) is 11.5 Å². The number of carbonyl (C=O) groups excluding carboxylic acids is 2. The normalized spacial score (nSPS) is 11.3. The number of amides is 2. The number of hydrogen-bond acceptors (Lipinski definition) is 6. The van der Waals surface area contributed by atoms with Gasteiger partial charge in [0.2, 0.25) is 15.9 Å². The standard InChI is InChI=1S/C21H25N3O6S/c1-22-31(27,28)19-12-14(6-9-18(19)30-5)7-11-20(25)23-16-13-15(21(26)24(2)3)8-10-17(16)29-4/h6-13,22H,1-5H3,(H,23,25)/b11-7+. The zero-order chi connectivity index (χ0) is 23.2. The molecule has 0 radical (unpaired) electrons. The fourth-order valence-corrected chi connectivity index (χ4v) is 3.59. The Hall–Kier alpha value is -3.37. The topological polar surface area (TPSA) is 114 Å². The van der Waals surface area contributed by atoms with E-state index in [0.717, 1.165) is 0 Å². The Morgan fingerprint density at radius 1 is 1.00 bits per heavy atom. The van der Waals surface area contributed by atoms with Gasteiger partial charge in [0, 0.05) is 25.7 Å². The van der Waals surface area contributed by atoms with Crippen LogP contribution in [0.1, 0.15) is 15.9 Å². The van der Waals surface area contributed by atoms with E-state index < -0.39 is 15.9 Å². The van der Waals surface area contributed by atoms with Gasteiger partial charge in [-0.05, 0) is 49.0 Å². The van der Waals surface area contributed by atoms with Crippen molar-refractivity contribution in [3.63, 3.8) is 0 Å². The molecule has 2 rings (SSSR count). The first kappa shape index (κ1) is 23.9. The zero-order valence-corrected chi connectivity index (χ0v) is 18.7. The number of nitrogens with one attached hydrogen (secondary N) is 2. The lowest BCUT2D eigenvalue weighted by molar-refractivity contribution is -0.111. The molecule has 2 aromatic rings. The molecule has 31 heavy (non-hydrogen) atoms. The summed E-state index contributed by atoms with van der Waals surface area (Å²) in [6.45, 7) is 0. The number of anilines is 1. The van der Waals surface area contributed by atoms with Gasteiger partial charge in [-0.15, -0.1) is 0 Å². The van der Waals surface area contributed by atoms with E-state index in [2.05, 4.69) is 10.0 Å². The van der Waals surface area contributed by atoms with Crippen LogP contribution in [0.4, 0.5) is 5.69 Å². The summed E-state index contributed by atoms with van der Waals surface area (Å²) < 4.78 is 36.9. The molecule has 2 N–H and O–H groups in total. The van der Waals surface area contributed by atoms with Gasteiger partial charge in [-0.1, -0.05) is 6.07 Å². The van der Waals surface area contributed by atoms with E-state index in [1.807, 2.05) is 0 Å². The minimum Gasteiger partial charge on any atom is -0.495 e. The summed E-state index contributed by atoms with van der Waals surface area (Å²) in [5.41, 5.74) is 1.20. The molecule has 0 atom stereocenters. The van der Waals surface area contributed by atoms with Gasteiger partial charge < -0.3 is 19.7 Å². The van der Waals surface area contributed by atoms with Crippen LogP contribution in [0.2, 0.25) is 0 Å². The quantitative estimate of drug-likeness (QED) is 0.598. The summed E-state index contributed by atoms with van der Waals surface area (Å²) in [7, 11) is 3.64. The number of ether oxygens (including phenoxy) is 2. The first-order valence-corrected chi connectivity index (χ1v) is 10.6. The summed E-state index contributed by atoms with van der Waals surface area (Å²) in [4.78, 5) is 26.0. The van der Waals surface area contributed by atoms with Crippen molar-refractivity contribution in [2.75, 3.05) is 40.7 Å². The first-order valence-electron chi connectivity index (χ1n) is 9.13. The minimum atomic E-state index is -3.74. The van der Waals surface area contributed by atoms with Gasteiger partial charge in [0.25, 0.3) is 5.91 Å². The summed E-state index contributed by atoms with van der Waals surface area (Å²) in [5, 5.41) is 2.67. The van der Waals surface area contributed by atoms with E-state index in [9.17, 15) is 18.0 Å². The average Bonchev–Trinajstić information content (AvgIpc) is 2.76. The van der Waals surface area contributed by atoms with E-state index in [1.165, 1.54) is 56.5 Å². The molecule has 166 valence electrons. The molecule has 0 aliphatic carbocycles. The van der Waals surface area contributed by atoms with Crippen molar-refractivity contribution in [1.29, 1.82) is 0 Å². The lowest BCUT2D eigenvalue weighted by atomic mass is 10.1. The van der Waals surface area contributed by atoms with Crippen LogP contribution in [-0.2, 0) is 14.8 Å². The molecular formula is C21H25N3O6S. The summed E-state index contributed by atoms with van der Waals surface area (Å²) in [5.74, 6) is -0.126. The number of methoxy groups -OCH3 is 2. The maximum Gasteiger partial charge on any atom is 0.253 e. The van der Waals surface area contributed by atoms with Gasteiger partial charge >= 0.3 is 0 Å². The van der Waals surface area contributed by atoms with Crippen molar-refractivity contribution < 1.29 is 27.5 Å². The van der Waals surface area contributed by atoms with Crippen LogP contribution in [0, 0.1) is 0 Å². The predicted molar refractivity (Wildman–Crippen MR) is 118 cm³/mol. The third-order valence-electron chi connectivity index (χ3n) is 4.28. The highest BCUT2D eigenvalue weighted by molar-refractivity contribution is 7.89. The number of sulfonamides is 1. The van der Waals surface area contributed by atoms with Gasteiger partial charge in [0.1, 0.15) is 16.4 Å². The number of benzene rings is 2. The first-order chi connectivity index (χ1) is 14.6. The molecular weight excluding hydrogens is 422 g/mol. The highest BCUT2D eigenvalue weighted by Gasteiger charge is 2.18. The molecule has 0 aliphatic heterocycles. The van der Waals surface area contributed by atoms with E-state index >= 15 is 0 Å². The van der Waals surface area contributed by atoms with Crippen molar-refractivity contribution in [3.8, 4) is 11.5 Å². The fraction of sp³-hybridized carbons (Fsp3) is 0.238. The summed E-state index contributed by atoms with van der Waals surface area (Å²) in [6, 6.07) is 9.24. The Labute approximate surface area is 181 Å². The van der Waals surface area contributed by atoms with Crippen LogP contribution in [0.25, 0.3) is 6.08 Å². The second-order valence-electron chi connectivity index (χ2n) is 6.56. The Bertz CT molecular complexity index is 1110. The van der Waals surface area contributed by atoms with Crippen molar-refractivity contribution in [2.45, 2.75) is 4.90 Å². The number of rotatable bonds is 8. The van der Waals surface area contributed by atoms with E-state index in [1.54, 1.807) is 32.3 Å². The lowest BCUT2D eigenvalue weighted by Gasteiger charge is -2.14. The Kier molecular flexibility index (Phi) is 7.78. The molecule has 0 heterocycles. The van der Waals surface area contributed by atoms with E-state index in [0.29, 0.717) is 22.6 Å². The smallest absolute Gasteiger partial charge is 0.253 e. The molecule has 9 nitrogen and oxygen atoms in total. The molecule has 2 aromatic carbocycles. The molecule has 0 saturated heterocycles. The SMILES string of the molecule is CNS(=O)(=O)c1cc(/C=C/C(=O)Nc2cc(C(=O)N(C)C)ccc2OC)ccc1OC. The van der Waals surface area contributed by atoms with Crippen molar-refractivity contribution in [2.24, 2.45) is 0 Å². The number of carbonyl (C=O) groups is 2. The van der Waals surface area contributed by atoms with E-state index in [4.69, 9.17) is 9.47 Å². The van der Waals surface area contributed by atoms with Gasteiger partial charge in [-0.25, -0.2) is 13.1 Å². The monoisotopic (exact) mass is 447 g/mol. The Morgan fingerprint density at radius 2 is 1.65 bits per heavy atom. The molecule has 0 fully saturated rings. The van der Waals surface area contributed by atoms with Crippen molar-refractivity contribution in [1.82, 2.24) is 9.62 Å². The van der Waals surface area contributed by atoms with Crippen LogP contribution in [-0.4, -0.2) is 60.5 Å². The van der Waals surface area contributed by atoms with Gasteiger partial charge in [-0.3, -0.25) is 9.59 Å². The van der Waals surface area contributed by atoms with Crippen LogP contribution in [0.15, 0.2) is 47.4 Å². The highest BCUT2D eigenvalue weighted by Crippen LogP contribution is 2.27. The fourth-order valence-electron chi connectivity index (χ4n) is 2.66. The molecule has 0 aromatic heterocycles. The summed E-state index contributed by atoms with van der Waals surface area (Å²) in [6.07, 6.45) is 2.71. The third kappa shape index (κ3) is 5.83. The molecule has 0 aliphatic rings. The highest BCUT2D eigenvalue weighted by atomic mass is 32.2. The molecule has 0 saturated carbocycles. The Morgan fingerprint density at radius 3 is 2.23 bits per heavy atom. The van der Waals surface area contributed by atoms with Crippen molar-refractivity contribution >= 4 is 33.6 Å². The molecule has 2 amide bonds. The summed E-state index contributed by atoms with van der Waals surface area (Å²) >= 11 is 0. The zero-order valence-electron chi connectivity index (χ0n) is 17.9. The predicted octanol–water partition coefficient (Wildman–Crippen LogP) is 1.97. The largest absolute Gasteiger partial charge is 0.495 e. The lowest BCUT2D eigenvalue weighted by Crippen LogP contribution is -2.22. The Balaban J connectivity index is 2.28. The number of hydrogen-bond donors (Lipinski definition) is 2. The van der Waals surface area contributed by atoms with Crippen LogP contribution >= 0.6 is 0 Å². The second-order valence-corrected chi connectivity index (χ2v) is 8.41. The maximum atomic E-state index is 12.4. The molecule has 10 heteroatoms. The third-order valence-corrected chi connectivity index (χ3v) is 5.72. The van der Waals surface area contributed by atoms with E-state index in [-0.39, 0.29) is 16.6 Å². The minimum absolute atomic E-state index is 0.0448. The number of nitrogens with zero attached hydrogens (tertiary/aromatic N) is 1. The molecule has 0 bridgehead atoms.